The maximum absolute atomic E-state index is 13.8. The van der Waals surface area contributed by atoms with E-state index in [9.17, 15) is 52.9 Å². The molecule has 0 heterocycles. The number of fused-ring (bicyclic) bond motifs is 1. The fraction of sp³-hybridized carbons (Fsp3) is 0.227. The number of carbonyl (C=O) groups is 1. The van der Waals surface area contributed by atoms with Crippen LogP contribution in [0.5, 0.6) is 5.75 Å². The Morgan fingerprint density at radius 1 is 0.952 bits per heavy atom. The molecule has 0 saturated heterocycles. The van der Waals surface area contributed by atoms with E-state index < -0.39 is 81.4 Å². The van der Waals surface area contributed by atoms with Crippen molar-refractivity contribution in [1.82, 2.24) is 0 Å². The van der Waals surface area contributed by atoms with Crippen LogP contribution in [0.25, 0.3) is 10.8 Å². The molecule has 3 aromatic rings. The summed E-state index contributed by atoms with van der Waals surface area (Å²) in [7, 11) is -13.6. The lowest BCUT2D eigenvalue weighted by molar-refractivity contribution is -0.139. The zero-order valence-electron chi connectivity index (χ0n) is 21.3. The summed E-state index contributed by atoms with van der Waals surface area (Å²) < 4.78 is 134. The van der Waals surface area contributed by atoms with Gasteiger partial charge in [0.05, 0.1) is 28.5 Å². The number of halogens is 3. The summed E-state index contributed by atoms with van der Waals surface area (Å²) in [6.07, 6.45) is -5.29. The minimum Gasteiger partial charge on any atom is -0.505 e. The molecule has 0 saturated carbocycles. The summed E-state index contributed by atoms with van der Waals surface area (Å²) in [4.78, 5) is 10.7. The van der Waals surface area contributed by atoms with Crippen molar-refractivity contribution >= 4 is 64.1 Å². The van der Waals surface area contributed by atoms with Gasteiger partial charge in [0.1, 0.15) is 10.6 Å². The van der Waals surface area contributed by atoms with E-state index in [-0.39, 0.29) is 28.4 Å². The lowest BCUT2D eigenvalue weighted by Gasteiger charge is -2.16. The predicted molar refractivity (Wildman–Crippen MR) is 140 cm³/mol. The molecule has 3 N–H and O–H groups in total. The molecule has 3 aromatic carbocycles. The van der Waals surface area contributed by atoms with Crippen LogP contribution in [0.15, 0.2) is 62.5 Å². The molecule has 3 rings (SSSR count). The SMILES string of the molecule is CC(=O)N(C)c1ccc2cc(S(=O)(=O)O)c(N=Nc3ccc(S(=O)(=O)CCOS(=O)(=O)O)c(C(F)(F)F)c3)c(O)c2c1. The zero-order valence-corrected chi connectivity index (χ0v) is 23.7. The Kier molecular flexibility index (Phi) is 9.01. The summed E-state index contributed by atoms with van der Waals surface area (Å²) in [5.74, 6) is -2.52. The maximum Gasteiger partial charge on any atom is 0.417 e. The van der Waals surface area contributed by atoms with Crippen molar-refractivity contribution in [3.63, 3.8) is 0 Å². The second-order valence-corrected chi connectivity index (χ2v) is 13.0. The van der Waals surface area contributed by atoms with Crippen LogP contribution in [0.1, 0.15) is 12.5 Å². The molecule has 228 valence electrons. The van der Waals surface area contributed by atoms with E-state index in [0.29, 0.717) is 6.07 Å². The van der Waals surface area contributed by atoms with Gasteiger partial charge in [-0.15, -0.1) is 5.11 Å². The van der Waals surface area contributed by atoms with Gasteiger partial charge in [-0.3, -0.25) is 13.9 Å². The first-order chi connectivity index (χ1) is 19.1. The zero-order chi connectivity index (χ0) is 31.8. The minimum atomic E-state index is -5.29. The van der Waals surface area contributed by atoms with Gasteiger partial charge in [-0.2, -0.15) is 35.1 Å². The van der Waals surface area contributed by atoms with Gasteiger partial charge in [0.2, 0.25) is 5.91 Å². The number of rotatable bonds is 9. The van der Waals surface area contributed by atoms with Crippen molar-refractivity contribution in [1.29, 1.82) is 0 Å². The van der Waals surface area contributed by atoms with Crippen molar-refractivity contribution in [2.24, 2.45) is 10.2 Å². The Morgan fingerprint density at radius 2 is 1.60 bits per heavy atom. The first-order valence-corrected chi connectivity index (χ1v) is 15.6. The fourth-order valence-corrected chi connectivity index (χ4v) is 5.92. The number of hydrogen-bond acceptors (Lipinski definition) is 11. The highest BCUT2D eigenvalue weighted by Crippen LogP contribution is 2.43. The second kappa shape index (κ2) is 11.5. The number of azo groups is 1. The van der Waals surface area contributed by atoms with Crippen molar-refractivity contribution < 1.29 is 61.6 Å². The van der Waals surface area contributed by atoms with Crippen LogP contribution in [0, 0.1) is 0 Å². The van der Waals surface area contributed by atoms with Gasteiger partial charge in [0.15, 0.2) is 15.6 Å². The topological polar surface area (TPSA) is 217 Å². The van der Waals surface area contributed by atoms with Gasteiger partial charge in [-0.1, -0.05) is 6.07 Å². The molecular weight excluding hydrogens is 635 g/mol. The number of anilines is 1. The van der Waals surface area contributed by atoms with Crippen molar-refractivity contribution in [3.05, 3.63) is 48.0 Å². The molecule has 0 aliphatic carbocycles. The summed E-state index contributed by atoms with van der Waals surface area (Å²) in [5.41, 5.74) is -3.02. The van der Waals surface area contributed by atoms with E-state index in [1.807, 2.05) is 0 Å². The normalized spacial score (nSPS) is 13.1. The molecule has 0 bridgehead atoms. The molecule has 0 atom stereocenters. The van der Waals surface area contributed by atoms with E-state index in [4.69, 9.17) is 4.55 Å². The average molecular weight is 656 g/mol. The number of benzene rings is 3. The van der Waals surface area contributed by atoms with Gasteiger partial charge < -0.3 is 10.0 Å². The van der Waals surface area contributed by atoms with Gasteiger partial charge in [-0.25, -0.2) is 12.6 Å². The van der Waals surface area contributed by atoms with Crippen LogP contribution in [-0.2, 0) is 45.5 Å². The van der Waals surface area contributed by atoms with Crippen molar-refractivity contribution in [3.8, 4) is 5.75 Å². The molecule has 14 nitrogen and oxygen atoms in total. The summed E-state index contributed by atoms with van der Waals surface area (Å²) >= 11 is 0. The largest absolute Gasteiger partial charge is 0.505 e. The summed E-state index contributed by atoms with van der Waals surface area (Å²) in [5, 5.41) is 17.8. The molecule has 0 unspecified atom stereocenters. The molecule has 0 aliphatic rings. The Balaban J connectivity index is 2.15. The quantitative estimate of drug-likeness (QED) is 0.222. The molecule has 0 radical (unpaired) electrons. The number of sulfone groups is 1. The van der Waals surface area contributed by atoms with Crippen molar-refractivity contribution in [2.75, 3.05) is 24.3 Å². The van der Waals surface area contributed by atoms with Crippen molar-refractivity contribution in [2.45, 2.75) is 22.9 Å². The summed E-state index contributed by atoms with van der Waals surface area (Å²) in [6, 6.07) is 6.41. The van der Waals surface area contributed by atoms with E-state index in [0.717, 1.165) is 12.1 Å². The number of phenols is 1. The second-order valence-electron chi connectivity index (χ2n) is 8.48. The first-order valence-electron chi connectivity index (χ1n) is 11.1. The van der Waals surface area contributed by atoms with Gasteiger partial charge in [0.25, 0.3) is 10.1 Å². The fourth-order valence-electron chi connectivity index (χ4n) is 3.55. The van der Waals surface area contributed by atoms with Crippen LogP contribution in [0.4, 0.5) is 30.2 Å². The van der Waals surface area contributed by atoms with Crippen LogP contribution < -0.4 is 4.90 Å². The summed E-state index contributed by atoms with van der Waals surface area (Å²) in [6.45, 7) is 0.0632. The molecule has 1 amide bonds. The maximum atomic E-state index is 13.8. The molecule has 0 fully saturated rings. The molecule has 0 aromatic heterocycles. The standard InChI is InChI=1S/C22H20F3N3O11S3/c1-12(29)28(2)15-5-3-13-9-19(41(33,34)35)20(21(30)16(13)11-15)27-26-14-4-6-18(17(10-14)22(23,24)25)40(31,32)8-7-39-42(36,37)38/h3-6,9-11,30H,7-8H2,1-2H3,(H,33,34,35)(H,36,37,38). The van der Waals surface area contributed by atoms with Crippen LogP contribution in [-0.4, -0.2) is 64.8 Å². The van der Waals surface area contributed by atoms with E-state index in [2.05, 4.69) is 14.4 Å². The minimum absolute atomic E-state index is 0.0634. The highest BCUT2D eigenvalue weighted by atomic mass is 32.3. The third kappa shape index (κ3) is 7.57. The lowest BCUT2D eigenvalue weighted by Crippen LogP contribution is -2.22. The Morgan fingerprint density at radius 3 is 2.14 bits per heavy atom. The van der Waals surface area contributed by atoms with Gasteiger partial charge in [-0.05, 0) is 41.8 Å². The number of carbonyl (C=O) groups excluding carboxylic acids is 1. The van der Waals surface area contributed by atoms with Crippen LogP contribution >= 0.6 is 0 Å². The first kappa shape index (κ1) is 32.8. The average Bonchev–Trinajstić information content (AvgIpc) is 2.85. The monoisotopic (exact) mass is 655 g/mol. The lowest BCUT2D eigenvalue weighted by atomic mass is 10.1. The Labute approximate surface area is 236 Å². The Hall–Kier alpha value is -3.69. The third-order valence-corrected chi connectivity index (χ3v) is 8.69. The van der Waals surface area contributed by atoms with E-state index in [1.54, 1.807) is 0 Å². The Bertz CT molecular complexity index is 1930. The molecule has 0 aliphatic heterocycles. The van der Waals surface area contributed by atoms with E-state index >= 15 is 0 Å². The highest BCUT2D eigenvalue weighted by molar-refractivity contribution is 7.91. The number of hydrogen-bond donors (Lipinski definition) is 3. The molecule has 42 heavy (non-hydrogen) atoms. The number of phenolic OH excluding ortho intramolecular Hbond substituents is 1. The molecule has 20 heteroatoms. The van der Waals surface area contributed by atoms with Gasteiger partial charge in [0, 0.05) is 25.0 Å². The smallest absolute Gasteiger partial charge is 0.417 e. The number of amides is 1. The molecular formula is C22H20F3N3O11S3. The van der Waals surface area contributed by atoms with E-state index in [1.165, 1.54) is 37.1 Å². The van der Waals surface area contributed by atoms with Gasteiger partial charge >= 0.3 is 16.6 Å². The number of aromatic hydroxyl groups is 1. The molecule has 0 spiro atoms. The number of nitrogens with zero attached hydrogens (tertiary/aromatic N) is 3. The highest BCUT2D eigenvalue weighted by Gasteiger charge is 2.37. The third-order valence-electron chi connectivity index (χ3n) is 5.63. The van der Waals surface area contributed by atoms with Crippen LogP contribution in [0.2, 0.25) is 0 Å². The number of alkyl halides is 3. The van der Waals surface area contributed by atoms with Crippen LogP contribution in [0.3, 0.4) is 0 Å². The predicted octanol–water partition coefficient (Wildman–Crippen LogP) is 3.80.